The number of hydrogen-bond donors (Lipinski definition) is 5. The molecule has 0 spiro atoms. The van der Waals surface area contributed by atoms with E-state index in [9.17, 15) is 4.79 Å². The van der Waals surface area contributed by atoms with Crippen LogP contribution < -0.4 is 22.2 Å². The Hall–Kier alpha value is -0.770. The summed E-state index contributed by atoms with van der Waals surface area (Å²) in [5, 5.41) is 8.33. The number of nitrogens with one attached hydrogen (secondary N) is 3. The van der Waals surface area contributed by atoms with Gasteiger partial charge in [-0.15, -0.1) is 0 Å². The lowest BCUT2D eigenvalue weighted by atomic mass is 10.4. The highest BCUT2D eigenvalue weighted by Crippen LogP contribution is 1.90. The van der Waals surface area contributed by atoms with E-state index in [4.69, 9.17) is 10.9 Å². The molecule has 78 valence electrons. The molecule has 0 bridgehead atoms. The topological polar surface area (TPSA) is 118 Å². The van der Waals surface area contributed by atoms with Gasteiger partial charge in [0, 0.05) is 0 Å². The predicted octanol–water partition coefficient (Wildman–Crippen LogP) is -2.20. The quantitative estimate of drug-likeness (QED) is 0.185. The molecule has 6 N–H and O–H groups in total. The van der Waals surface area contributed by atoms with E-state index in [1.807, 2.05) is 0 Å². The second kappa shape index (κ2) is 5.80. The van der Waals surface area contributed by atoms with Gasteiger partial charge in [-0.05, 0) is 6.92 Å². The van der Waals surface area contributed by atoms with Crippen molar-refractivity contribution in [1.29, 1.82) is 0 Å². The average Bonchev–Trinajstić information content (AvgIpc) is 2.14. The molecule has 8 heteroatoms. The zero-order chi connectivity index (χ0) is 10.3. The molecule has 0 heterocycles. The van der Waals surface area contributed by atoms with Crippen molar-refractivity contribution in [1.82, 2.24) is 16.4 Å². The van der Waals surface area contributed by atoms with E-state index in [2.05, 4.69) is 20.6 Å². The number of hydroxylamine groups is 3. The van der Waals surface area contributed by atoms with Crippen molar-refractivity contribution in [3.63, 3.8) is 0 Å². The highest BCUT2D eigenvalue weighted by atomic mass is 16.7. The first-order valence-electron chi connectivity index (χ1n) is 3.53. The fraction of sp³-hybridized carbons (Fsp3) is 0.800. The normalized spacial score (nSPS) is 15.1. The van der Waals surface area contributed by atoms with Crippen LogP contribution in [0.15, 0.2) is 0 Å². The van der Waals surface area contributed by atoms with E-state index in [-0.39, 0.29) is 0 Å². The van der Waals surface area contributed by atoms with Crippen molar-refractivity contribution in [3.8, 4) is 0 Å². The van der Waals surface area contributed by atoms with Crippen molar-refractivity contribution in [2.24, 2.45) is 5.73 Å². The van der Waals surface area contributed by atoms with Crippen LogP contribution in [0.3, 0.4) is 0 Å². The molecule has 0 fully saturated rings. The van der Waals surface area contributed by atoms with Crippen LogP contribution in [0, 0.1) is 0 Å². The molecule has 1 unspecified atom stereocenters. The number of amides is 1. The van der Waals surface area contributed by atoms with E-state index in [1.54, 1.807) is 6.92 Å². The largest absolute Gasteiger partial charge is 0.302 e. The molecule has 1 atom stereocenters. The molecule has 0 saturated heterocycles. The number of carbonyl (C=O) groups is 1. The SMILES string of the molecule is CCONC(N)(NOC)C(=O)NO. The van der Waals surface area contributed by atoms with E-state index in [0.717, 1.165) is 0 Å². The standard InChI is InChI=1S/C5H14N4O4/c1-3-13-9-5(6,8-12-2)4(10)7-11/h8-9,11H,3,6H2,1-2H3,(H,7,10). The molecule has 0 rings (SSSR count). The Balaban J connectivity index is 4.23. The molecule has 0 radical (unpaired) electrons. The summed E-state index contributed by atoms with van der Waals surface area (Å²) in [6.45, 7) is 1.99. The Labute approximate surface area is 75.2 Å². The lowest BCUT2D eigenvalue weighted by molar-refractivity contribution is -0.159. The zero-order valence-electron chi connectivity index (χ0n) is 7.46. The van der Waals surface area contributed by atoms with Gasteiger partial charge in [-0.25, -0.2) is 5.48 Å². The van der Waals surface area contributed by atoms with Crippen molar-refractivity contribution < 1.29 is 19.7 Å². The number of carbonyl (C=O) groups excluding carboxylic acids is 1. The first kappa shape index (κ1) is 12.2. The van der Waals surface area contributed by atoms with Gasteiger partial charge in [0.2, 0.25) is 5.79 Å². The number of rotatable bonds is 6. The Morgan fingerprint density at radius 1 is 1.62 bits per heavy atom. The maximum atomic E-state index is 11.0. The molecule has 13 heavy (non-hydrogen) atoms. The Bertz CT molecular complexity index is 167. The zero-order valence-corrected chi connectivity index (χ0v) is 7.46. The van der Waals surface area contributed by atoms with Crippen LogP contribution in [0.4, 0.5) is 0 Å². The van der Waals surface area contributed by atoms with Gasteiger partial charge in [-0.2, -0.15) is 11.0 Å². The summed E-state index contributed by atoms with van der Waals surface area (Å²) in [7, 11) is 1.26. The fourth-order valence-electron chi connectivity index (χ4n) is 0.549. The van der Waals surface area contributed by atoms with Gasteiger partial charge in [0.25, 0.3) is 5.91 Å². The summed E-state index contributed by atoms with van der Waals surface area (Å²) in [5.74, 6) is -2.78. The average molecular weight is 194 g/mol. The van der Waals surface area contributed by atoms with Gasteiger partial charge >= 0.3 is 0 Å². The van der Waals surface area contributed by atoms with Gasteiger partial charge < -0.3 is 4.84 Å². The van der Waals surface area contributed by atoms with Gasteiger partial charge in [0.1, 0.15) is 0 Å². The molecular weight excluding hydrogens is 180 g/mol. The molecule has 0 aliphatic heterocycles. The molecule has 0 saturated carbocycles. The van der Waals surface area contributed by atoms with Gasteiger partial charge in [-0.3, -0.25) is 20.6 Å². The summed E-state index contributed by atoms with van der Waals surface area (Å²) < 4.78 is 0. The smallest absolute Gasteiger partial charge is 0.298 e. The fourth-order valence-corrected chi connectivity index (χ4v) is 0.549. The second-order valence-corrected chi connectivity index (χ2v) is 2.09. The molecule has 1 amide bonds. The molecule has 8 nitrogen and oxygen atoms in total. The van der Waals surface area contributed by atoms with E-state index < -0.39 is 11.7 Å². The van der Waals surface area contributed by atoms with Crippen LogP contribution >= 0.6 is 0 Å². The van der Waals surface area contributed by atoms with Crippen molar-refractivity contribution >= 4 is 5.91 Å². The second-order valence-electron chi connectivity index (χ2n) is 2.09. The van der Waals surface area contributed by atoms with Crippen LogP contribution in [0.1, 0.15) is 6.92 Å². The van der Waals surface area contributed by atoms with Crippen molar-refractivity contribution in [2.45, 2.75) is 12.7 Å². The molecule has 0 aromatic heterocycles. The van der Waals surface area contributed by atoms with Gasteiger partial charge in [-0.1, -0.05) is 0 Å². The Morgan fingerprint density at radius 2 is 2.23 bits per heavy atom. The maximum Gasteiger partial charge on any atom is 0.298 e. The summed E-state index contributed by atoms with van der Waals surface area (Å²) in [6.07, 6.45) is 0. The van der Waals surface area contributed by atoms with Gasteiger partial charge in [0.15, 0.2) is 0 Å². The first-order chi connectivity index (χ1) is 6.10. The van der Waals surface area contributed by atoms with Crippen LogP contribution in [0.25, 0.3) is 0 Å². The first-order valence-corrected chi connectivity index (χ1v) is 3.53. The maximum absolute atomic E-state index is 11.0. The highest BCUT2D eigenvalue weighted by molar-refractivity contribution is 5.83. The van der Waals surface area contributed by atoms with E-state index in [1.165, 1.54) is 12.6 Å². The summed E-state index contributed by atoms with van der Waals surface area (Å²) in [5.41, 5.74) is 11.0. The minimum absolute atomic E-state index is 0.295. The Morgan fingerprint density at radius 3 is 2.62 bits per heavy atom. The predicted molar refractivity (Wildman–Crippen MR) is 41.8 cm³/mol. The van der Waals surface area contributed by atoms with Crippen LogP contribution in [-0.4, -0.2) is 30.6 Å². The summed E-state index contributed by atoms with van der Waals surface area (Å²) in [4.78, 5) is 20.1. The molecule has 0 aliphatic carbocycles. The van der Waals surface area contributed by atoms with E-state index in [0.29, 0.717) is 6.61 Å². The highest BCUT2D eigenvalue weighted by Gasteiger charge is 2.34. The Kier molecular flexibility index (Phi) is 5.46. The van der Waals surface area contributed by atoms with E-state index >= 15 is 0 Å². The van der Waals surface area contributed by atoms with Crippen molar-refractivity contribution in [3.05, 3.63) is 0 Å². The lowest BCUT2D eigenvalue weighted by Crippen LogP contribution is -2.71. The molecule has 0 aromatic rings. The minimum atomic E-state index is -1.83. The third-order valence-corrected chi connectivity index (χ3v) is 1.10. The molecular formula is C5H14N4O4. The lowest BCUT2D eigenvalue weighted by Gasteiger charge is -2.26. The monoisotopic (exact) mass is 194 g/mol. The van der Waals surface area contributed by atoms with Crippen LogP contribution in [-0.2, 0) is 14.5 Å². The third-order valence-electron chi connectivity index (χ3n) is 1.10. The van der Waals surface area contributed by atoms with Crippen LogP contribution in [0.2, 0.25) is 0 Å². The summed E-state index contributed by atoms with van der Waals surface area (Å²) >= 11 is 0. The van der Waals surface area contributed by atoms with Crippen molar-refractivity contribution in [2.75, 3.05) is 13.7 Å². The summed E-state index contributed by atoms with van der Waals surface area (Å²) in [6, 6.07) is 0. The number of nitrogens with two attached hydrogens (primary N) is 1. The minimum Gasteiger partial charge on any atom is -0.302 e. The van der Waals surface area contributed by atoms with Gasteiger partial charge in [0.05, 0.1) is 13.7 Å². The molecule has 0 aliphatic rings. The number of hydrogen-bond acceptors (Lipinski definition) is 7. The third kappa shape index (κ3) is 3.63. The van der Waals surface area contributed by atoms with Crippen LogP contribution in [0.5, 0.6) is 0 Å². The molecule has 0 aromatic carbocycles.